The first-order valence-electron chi connectivity index (χ1n) is 6.95. The Morgan fingerprint density at radius 1 is 0.957 bits per heavy atom. The number of hydrogen-bond acceptors (Lipinski definition) is 5. The quantitative estimate of drug-likeness (QED) is 0.650. The van der Waals surface area contributed by atoms with Gasteiger partial charge in [-0.1, -0.05) is 0 Å². The minimum atomic E-state index is -0.471. The van der Waals surface area contributed by atoms with E-state index in [1.165, 1.54) is 6.92 Å². The van der Waals surface area contributed by atoms with Crippen molar-refractivity contribution in [2.24, 2.45) is 0 Å². The molecule has 0 aliphatic carbocycles. The summed E-state index contributed by atoms with van der Waals surface area (Å²) in [6.45, 7) is 3.85. The predicted octanol–water partition coefficient (Wildman–Crippen LogP) is 2.42. The molecule has 2 amide bonds. The molecule has 23 heavy (non-hydrogen) atoms. The molecule has 2 aromatic rings. The zero-order chi connectivity index (χ0) is 16.8. The third-order valence-electron chi connectivity index (χ3n) is 2.89. The molecule has 0 fully saturated rings. The van der Waals surface area contributed by atoms with E-state index >= 15 is 0 Å². The maximum absolute atomic E-state index is 11.9. The molecule has 1 aromatic heterocycles. The number of rotatable bonds is 5. The molecule has 0 atom stereocenters. The standard InChI is InChI=1S/C16H16N2O4S/c1-3-22-12-6-4-11(5-7-12)15(20)17-18-16(21)14-9-8-13(23-14)10(2)19/h4-9H,3H2,1-2H3,(H,17,20)(H,18,21). The zero-order valence-corrected chi connectivity index (χ0v) is 13.5. The predicted molar refractivity (Wildman–Crippen MR) is 86.9 cm³/mol. The van der Waals surface area contributed by atoms with E-state index in [1.807, 2.05) is 6.92 Å². The Hall–Kier alpha value is -2.67. The molecule has 0 aliphatic rings. The highest BCUT2D eigenvalue weighted by Gasteiger charge is 2.13. The summed E-state index contributed by atoms with van der Waals surface area (Å²) in [6.07, 6.45) is 0. The van der Waals surface area contributed by atoms with Crippen LogP contribution in [-0.4, -0.2) is 24.2 Å². The number of carbonyl (C=O) groups is 3. The Balaban J connectivity index is 1.92. The summed E-state index contributed by atoms with van der Waals surface area (Å²) in [5.41, 5.74) is 5.04. The van der Waals surface area contributed by atoms with Crippen molar-refractivity contribution in [3.05, 3.63) is 51.7 Å². The highest BCUT2D eigenvalue weighted by Crippen LogP contribution is 2.16. The van der Waals surface area contributed by atoms with Crippen LogP contribution in [0.5, 0.6) is 5.75 Å². The largest absolute Gasteiger partial charge is 0.494 e. The minimum absolute atomic E-state index is 0.104. The molecule has 6 nitrogen and oxygen atoms in total. The third-order valence-corrected chi connectivity index (χ3v) is 4.08. The molecule has 2 N–H and O–H groups in total. The van der Waals surface area contributed by atoms with E-state index in [9.17, 15) is 14.4 Å². The number of carbonyl (C=O) groups excluding carboxylic acids is 3. The summed E-state index contributed by atoms with van der Waals surface area (Å²) >= 11 is 1.07. The van der Waals surface area contributed by atoms with Gasteiger partial charge in [-0.15, -0.1) is 11.3 Å². The highest BCUT2D eigenvalue weighted by atomic mass is 32.1. The first kappa shape index (κ1) is 16.7. The SMILES string of the molecule is CCOc1ccc(C(=O)NNC(=O)c2ccc(C(C)=O)s2)cc1. The van der Waals surface area contributed by atoms with Gasteiger partial charge in [-0.3, -0.25) is 25.2 Å². The highest BCUT2D eigenvalue weighted by molar-refractivity contribution is 7.15. The third kappa shape index (κ3) is 4.40. The second-order valence-electron chi connectivity index (χ2n) is 4.59. The maximum atomic E-state index is 11.9. The van der Waals surface area contributed by atoms with E-state index in [4.69, 9.17) is 4.74 Å². The number of ether oxygens (including phenoxy) is 1. The fourth-order valence-corrected chi connectivity index (χ4v) is 2.56. The maximum Gasteiger partial charge on any atom is 0.279 e. The van der Waals surface area contributed by atoms with Crippen molar-refractivity contribution in [2.45, 2.75) is 13.8 Å². The summed E-state index contributed by atoms with van der Waals surface area (Å²) in [7, 11) is 0. The number of amides is 2. The molecule has 0 saturated heterocycles. The van der Waals surface area contributed by atoms with Crippen LogP contribution in [0.25, 0.3) is 0 Å². The van der Waals surface area contributed by atoms with Gasteiger partial charge in [0, 0.05) is 5.56 Å². The molecule has 120 valence electrons. The van der Waals surface area contributed by atoms with Gasteiger partial charge in [-0.05, 0) is 50.2 Å². The zero-order valence-electron chi connectivity index (χ0n) is 12.7. The van der Waals surface area contributed by atoms with E-state index < -0.39 is 11.8 Å². The Bertz CT molecular complexity index is 722. The van der Waals surface area contributed by atoms with Crippen LogP contribution in [0.15, 0.2) is 36.4 Å². The lowest BCUT2D eigenvalue weighted by atomic mass is 10.2. The van der Waals surface area contributed by atoms with Gasteiger partial charge in [0.25, 0.3) is 11.8 Å². The molecule has 7 heteroatoms. The number of thiophene rings is 1. The van der Waals surface area contributed by atoms with Crippen LogP contribution in [0.4, 0.5) is 0 Å². The van der Waals surface area contributed by atoms with Crippen LogP contribution in [0.3, 0.4) is 0 Å². The molecular weight excluding hydrogens is 316 g/mol. The van der Waals surface area contributed by atoms with E-state index in [-0.39, 0.29) is 5.78 Å². The molecule has 0 radical (unpaired) electrons. The lowest BCUT2D eigenvalue weighted by Crippen LogP contribution is -2.41. The van der Waals surface area contributed by atoms with Crippen LogP contribution in [0, 0.1) is 0 Å². The Labute approximate surface area is 137 Å². The monoisotopic (exact) mass is 332 g/mol. The van der Waals surface area contributed by atoms with Gasteiger partial charge in [0.15, 0.2) is 5.78 Å². The lowest BCUT2D eigenvalue weighted by molar-refractivity contribution is 0.0849. The summed E-state index contributed by atoms with van der Waals surface area (Å²) in [5.74, 6) is -0.345. The van der Waals surface area contributed by atoms with Crippen LogP contribution in [0.2, 0.25) is 0 Å². The van der Waals surface area contributed by atoms with Crippen molar-refractivity contribution in [3.63, 3.8) is 0 Å². The second kappa shape index (κ2) is 7.55. The van der Waals surface area contributed by atoms with Crippen LogP contribution in [-0.2, 0) is 0 Å². The van der Waals surface area contributed by atoms with E-state index in [1.54, 1.807) is 36.4 Å². The number of benzene rings is 1. The van der Waals surface area contributed by atoms with Crippen molar-refractivity contribution in [1.29, 1.82) is 0 Å². The van der Waals surface area contributed by atoms with Crippen molar-refractivity contribution in [3.8, 4) is 5.75 Å². The van der Waals surface area contributed by atoms with Gasteiger partial charge in [0.05, 0.1) is 16.4 Å². The molecule has 2 rings (SSSR count). The number of ketones is 1. The van der Waals surface area contributed by atoms with Gasteiger partial charge in [-0.25, -0.2) is 0 Å². The van der Waals surface area contributed by atoms with Gasteiger partial charge in [0.1, 0.15) is 5.75 Å². The number of hydrogen-bond donors (Lipinski definition) is 2. The van der Waals surface area contributed by atoms with Crippen LogP contribution >= 0.6 is 11.3 Å². The van der Waals surface area contributed by atoms with E-state index in [0.717, 1.165) is 11.3 Å². The molecule has 0 bridgehead atoms. The molecule has 0 saturated carbocycles. The number of hydrazine groups is 1. The summed E-state index contributed by atoms with van der Waals surface area (Å²) in [6, 6.07) is 9.68. The Kier molecular flexibility index (Phi) is 5.48. The van der Waals surface area contributed by atoms with Gasteiger partial charge >= 0.3 is 0 Å². The molecule has 0 unspecified atom stereocenters. The topological polar surface area (TPSA) is 84.5 Å². The molecule has 1 aromatic carbocycles. The molecule has 0 aliphatic heterocycles. The number of nitrogens with one attached hydrogen (secondary N) is 2. The summed E-state index contributed by atoms with van der Waals surface area (Å²) in [5, 5.41) is 0. The average Bonchev–Trinajstić information content (AvgIpc) is 3.03. The summed E-state index contributed by atoms with van der Waals surface area (Å²) < 4.78 is 5.29. The Morgan fingerprint density at radius 2 is 1.57 bits per heavy atom. The summed E-state index contributed by atoms with van der Waals surface area (Å²) in [4.78, 5) is 35.9. The smallest absolute Gasteiger partial charge is 0.279 e. The molecule has 0 spiro atoms. The van der Waals surface area contributed by atoms with Gasteiger partial charge < -0.3 is 4.74 Å². The minimum Gasteiger partial charge on any atom is -0.494 e. The van der Waals surface area contributed by atoms with Crippen molar-refractivity contribution < 1.29 is 19.1 Å². The van der Waals surface area contributed by atoms with Crippen LogP contribution in [0.1, 0.15) is 43.5 Å². The Morgan fingerprint density at radius 3 is 2.13 bits per heavy atom. The molecular formula is C16H16N2O4S. The first-order chi connectivity index (χ1) is 11.0. The van der Waals surface area contributed by atoms with E-state index in [0.29, 0.717) is 27.7 Å². The van der Waals surface area contributed by atoms with Crippen LogP contribution < -0.4 is 15.6 Å². The fraction of sp³-hybridized carbons (Fsp3) is 0.188. The van der Waals surface area contributed by atoms with Gasteiger partial charge in [0.2, 0.25) is 0 Å². The van der Waals surface area contributed by atoms with Crippen molar-refractivity contribution in [2.75, 3.05) is 6.61 Å². The van der Waals surface area contributed by atoms with Crippen molar-refractivity contribution in [1.82, 2.24) is 10.9 Å². The number of Topliss-reactive ketones (excluding diaryl/α,β-unsaturated/α-hetero) is 1. The van der Waals surface area contributed by atoms with E-state index in [2.05, 4.69) is 10.9 Å². The first-order valence-corrected chi connectivity index (χ1v) is 7.77. The van der Waals surface area contributed by atoms with Crippen molar-refractivity contribution >= 4 is 28.9 Å². The van der Waals surface area contributed by atoms with Gasteiger partial charge in [-0.2, -0.15) is 0 Å². The average molecular weight is 332 g/mol. The second-order valence-corrected chi connectivity index (χ2v) is 5.67. The molecule has 1 heterocycles. The lowest BCUT2D eigenvalue weighted by Gasteiger charge is -2.07. The fourth-order valence-electron chi connectivity index (χ4n) is 1.77. The normalized spacial score (nSPS) is 10.0.